The fourth-order valence-corrected chi connectivity index (χ4v) is 3.28. The molecule has 1 aliphatic carbocycles. The molecule has 1 fully saturated rings. The molecular formula is C17H33NO2. The number of nitrogens with one attached hydrogen (secondary N) is 1. The van der Waals surface area contributed by atoms with E-state index < -0.39 is 0 Å². The molecule has 1 aliphatic rings. The van der Waals surface area contributed by atoms with Gasteiger partial charge in [-0.1, -0.05) is 27.7 Å². The Labute approximate surface area is 124 Å². The highest BCUT2D eigenvalue weighted by Crippen LogP contribution is 2.31. The maximum atomic E-state index is 12.4. The summed E-state index contributed by atoms with van der Waals surface area (Å²) in [5, 5.41) is 3.26. The van der Waals surface area contributed by atoms with Crippen LogP contribution in [0.15, 0.2) is 0 Å². The summed E-state index contributed by atoms with van der Waals surface area (Å²) in [5.41, 5.74) is 0. The summed E-state index contributed by atoms with van der Waals surface area (Å²) in [4.78, 5) is 12.4. The van der Waals surface area contributed by atoms with Gasteiger partial charge in [-0.15, -0.1) is 0 Å². The van der Waals surface area contributed by atoms with Crippen LogP contribution in [0.5, 0.6) is 0 Å². The van der Waals surface area contributed by atoms with Crippen molar-refractivity contribution < 1.29 is 9.53 Å². The van der Waals surface area contributed by atoms with Crippen LogP contribution in [0.4, 0.5) is 0 Å². The first kappa shape index (κ1) is 17.5. The quantitative estimate of drug-likeness (QED) is 0.772. The standard InChI is InChI=1S/C17H33NO2/c1-6-15(10-12(3)4)18-17(19)14-8-9-16(20-7-2)13(5)11-14/h12-16H,6-11H2,1-5H3,(H,18,19). The molecular weight excluding hydrogens is 250 g/mol. The molecule has 0 aliphatic heterocycles. The molecule has 3 nitrogen and oxygen atoms in total. The second-order valence-corrected chi connectivity index (χ2v) is 6.72. The van der Waals surface area contributed by atoms with Crippen LogP contribution < -0.4 is 5.32 Å². The minimum absolute atomic E-state index is 0.183. The lowest BCUT2D eigenvalue weighted by atomic mass is 9.79. The minimum atomic E-state index is 0.183. The van der Waals surface area contributed by atoms with Crippen molar-refractivity contribution in [2.45, 2.75) is 78.9 Å². The van der Waals surface area contributed by atoms with E-state index in [9.17, 15) is 4.79 Å². The van der Waals surface area contributed by atoms with Crippen molar-refractivity contribution in [1.29, 1.82) is 0 Å². The molecule has 0 aromatic carbocycles. The van der Waals surface area contributed by atoms with Crippen LogP contribution in [0.25, 0.3) is 0 Å². The highest BCUT2D eigenvalue weighted by Gasteiger charge is 2.32. The highest BCUT2D eigenvalue weighted by molar-refractivity contribution is 5.79. The highest BCUT2D eigenvalue weighted by atomic mass is 16.5. The van der Waals surface area contributed by atoms with E-state index in [0.717, 1.165) is 38.7 Å². The van der Waals surface area contributed by atoms with Crippen LogP contribution in [0.3, 0.4) is 0 Å². The molecule has 0 radical (unpaired) electrons. The van der Waals surface area contributed by atoms with Gasteiger partial charge in [-0.05, 0) is 50.9 Å². The van der Waals surface area contributed by atoms with E-state index in [1.54, 1.807) is 0 Å². The van der Waals surface area contributed by atoms with Crippen molar-refractivity contribution in [1.82, 2.24) is 5.32 Å². The normalized spacial score (nSPS) is 28.4. The van der Waals surface area contributed by atoms with Gasteiger partial charge in [0.15, 0.2) is 0 Å². The van der Waals surface area contributed by atoms with Crippen LogP contribution in [0.2, 0.25) is 0 Å². The third kappa shape index (κ3) is 5.43. The number of rotatable bonds is 7. The van der Waals surface area contributed by atoms with Gasteiger partial charge in [-0.2, -0.15) is 0 Å². The van der Waals surface area contributed by atoms with Crippen molar-refractivity contribution in [2.75, 3.05) is 6.61 Å². The van der Waals surface area contributed by atoms with Gasteiger partial charge in [0.05, 0.1) is 6.10 Å². The van der Waals surface area contributed by atoms with Gasteiger partial charge in [0.2, 0.25) is 5.91 Å². The summed E-state index contributed by atoms with van der Waals surface area (Å²) in [7, 11) is 0. The van der Waals surface area contributed by atoms with Gasteiger partial charge in [0.1, 0.15) is 0 Å². The summed E-state index contributed by atoms with van der Waals surface area (Å²) in [6.45, 7) is 11.6. The lowest BCUT2D eigenvalue weighted by molar-refractivity contribution is -0.129. The van der Waals surface area contributed by atoms with Gasteiger partial charge in [-0.25, -0.2) is 0 Å². The average Bonchev–Trinajstić information content (AvgIpc) is 2.39. The lowest BCUT2D eigenvalue weighted by Gasteiger charge is -2.34. The summed E-state index contributed by atoms with van der Waals surface area (Å²) in [5.74, 6) is 1.57. The fraction of sp³-hybridized carbons (Fsp3) is 0.941. The Hall–Kier alpha value is -0.570. The Morgan fingerprint density at radius 2 is 2.00 bits per heavy atom. The van der Waals surface area contributed by atoms with Crippen LogP contribution in [0, 0.1) is 17.8 Å². The van der Waals surface area contributed by atoms with Crippen molar-refractivity contribution in [3.05, 3.63) is 0 Å². The van der Waals surface area contributed by atoms with Crippen molar-refractivity contribution >= 4 is 5.91 Å². The maximum Gasteiger partial charge on any atom is 0.223 e. The van der Waals surface area contributed by atoms with Crippen LogP contribution in [-0.2, 0) is 9.53 Å². The SMILES string of the molecule is CCOC1CCC(C(=O)NC(CC)CC(C)C)CC1C. The molecule has 1 saturated carbocycles. The largest absolute Gasteiger partial charge is 0.378 e. The number of carbonyl (C=O) groups excluding carboxylic acids is 1. The van der Waals surface area contributed by atoms with E-state index in [2.05, 4.69) is 33.0 Å². The first-order valence-corrected chi connectivity index (χ1v) is 8.39. The minimum Gasteiger partial charge on any atom is -0.378 e. The Balaban J connectivity index is 2.44. The second kappa shape index (κ2) is 8.66. The summed E-state index contributed by atoms with van der Waals surface area (Å²) < 4.78 is 5.75. The molecule has 4 atom stereocenters. The average molecular weight is 283 g/mol. The Morgan fingerprint density at radius 3 is 2.50 bits per heavy atom. The first-order valence-electron chi connectivity index (χ1n) is 8.39. The van der Waals surface area contributed by atoms with Crippen LogP contribution in [0.1, 0.15) is 66.7 Å². The molecule has 1 amide bonds. The van der Waals surface area contributed by atoms with Crippen molar-refractivity contribution in [3.63, 3.8) is 0 Å². The number of hydrogen-bond acceptors (Lipinski definition) is 2. The molecule has 4 unspecified atom stereocenters. The molecule has 0 bridgehead atoms. The topological polar surface area (TPSA) is 38.3 Å². The first-order chi connectivity index (χ1) is 9.47. The van der Waals surface area contributed by atoms with E-state index in [0.29, 0.717) is 24.0 Å². The molecule has 0 aromatic heterocycles. The number of ether oxygens (including phenoxy) is 1. The number of amides is 1. The van der Waals surface area contributed by atoms with Gasteiger partial charge in [0.25, 0.3) is 0 Å². The van der Waals surface area contributed by atoms with E-state index in [4.69, 9.17) is 4.74 Å². The Morgan fingerprint density at radius 1 is 1.30 bits per heavy atom. The predicted octanol–water partition coefficient (Wildman–Crippen LogP) is 3.77. The van der Waals surface area contributed by atoms with Gasteiger partial charge in [-0.3, -0.25) is 4.79 Å². The predicted molar refractivity (Wildman–Crippen MR) is 83.6 cm³/mol. The van der Waals surface area contributed by atoms with Gasteiger partial charge >= 0.3 is 0 Å². The number of hydrogen-bond donors (Lipinski definition) is 1. The van der Waals surface area contributed by atoms with Crippen LogP contribution in [-0.4, -0.2) is 24.7 Å². The molecule has 118 valence electrons. The summed E-state index contributed by atoms with van der Waals surface area (Å²) in [6.07, 6.45) is 5.41. The molecule has 3 heteroatoms. The zero-order valence-electron chi connectivity index (χ0n) is 13.9. The molecule has 0 spiro atoms. The van der Waals surface area contributed by atoms with E-state index in [1.807, 2.05) is 6.92 Å². The van der Waals surface area contributed by atoms with E-state index >= 15 is 0 Å². The molecule has 0 saturated heterocycles. The molecule has 1 rings (SSSR count). The maximum absolute atomic E-state index is 12.4. The van der Waals surface area contributed by atoms with Crippen LogP contribution >= 0.6 is 0 Å². The van der Waals surface area contributed by atoms with E-state index in [1.165, 1.54) is 0 Å². The smallest absolute Gasteiger partial charge is 0.223 e. The molecule has 0 aromatic rings. The zero-order chi connectivity index (χ0) is 15.1. The summed E-state index contributed by atoms with van der Waals surface area (Å²) >= 11 is 0. The third-order valence-corrected chi connectivity index (χ3v) is 4.44. The Bertz CT molecular complexity index is 291. The van der Waals surface area contributed by atoms with Gasteiger partial charge < -0.3 is 10.1 Å². The second-order valence-electron chi connectivity index (χ2n) is 6.72. The monoisotopic (exact) mass is 283 g/mol. The number of carbonyl (C=O) groups is 1. The fourth-order valence-electron chi connectivity index (χ4n) is 3.28. The molecule has 20 heavy (non-hydrogen) atoms. The van der Waals surface area contributed by atoms with Crippen molar-refractivity contribution in [3.8, 4) is 0 Å². The Kier molecular flexibility index (Phi) is 7.57. The molecule has 0 heterocycles. The van der Waals surface area contributed by atoms with E-state index in [-0.39, 0.29) is 11.8 Å². The van der Waals surface area contributed by atoms with Gasteiger partial charge in [0, 0.05) is 18.6 Å². The lowest BCUT2D eigenvalue weighted by Crippen LogP contribution is -2.42. The third-order valence-electron chi connectivity index (χ3n) is 4.44. The summed E-state index contributed by atoms with van der Waals surface area (Å²) in [6, 6.07) is 0.336. The molecule has 1 N–H and O–H groups in total. The van der Waals surface area contributed by atoms with Crippen molar-refractivity contribution in [2.24, 2.45) is 17.8 Å². The zero-order valence-corrected chi connectivity index (χ0v) is 13.9.